The Bertz CT molecular complexity index is 638. The van der Waals surface area contributed by atoms with E-state index in [0.717, 1.165) is 31.2 Å². The van der Waals surface area contributed by atoms with Crippen molar-refractivity contribution in [1.29, 1.82) is 0 Å². The zero-order chi connectivity index (χ0) is 21.3. The minimum atomic E-state index is -1.43. The number of carbonyl (C=O) groups is 2. The Labute approximate surface area is 173 Å². The van der Waals surface area contributed by atoms with E-state index in [-0.39, 0.29) is 6.61 Å². The molecule has 0 bridgehead atoms. The van der Waals surface area contributed by atoms with Gasteiger partial charge in [-0.25, -0.2) is 10.3 Å². The van der Waals surface area contributed by atoms with Crippen molar-refractivity contribution >= 4 is 12.0 Å². The molecule has 0 radical (unpaired) electrons. The fourth-order valence-electron chi connectivity index (χ4n) is 3.52. The van der Waals surface area contributed by atoms with Crippen LogP contribution in [0.1, 0.15) is 64.9 Å². The monoisotopic (exact) mass is 406 g/mol. The largest absolute Gasteiger partial charge is 0.444 e. The Morgan fingerprint density at radius 3 is 2.41 bits per heavy atom. The van der Waals surface area contributed by atoms with Gasteiger partial charge in [0.15, 0.2) is 6.10 Å². The van der Waals surface area contributed by atoms with E-state index in [0.29, 0.717) is 12.3 Å². The van der Waals surface area contributed by atoms with E-state index >= 15 is 0 Å². The summed E-state index contributed by atoms with van der Waals surface area (Å²) in [7, 11) is 0. The van der Waals surface area contributed by atoms with E-state index < -0.39 is 29.7 Å². The van der Waals surface area contributed by atoms with Crippen LogP contribution in [0.3, 0.4) is 0 Å². The molecule has 7 heteroatoms. The number of benzene rings is 1. The first kappa shape index (κ1) is 23.2. The fraction of sp³-hybridized carbons (Fsp3) is 0.636. The molecule has 1 aliphatic carbocycles. The Hall–Kier alpha value is -2.12. The van der Waals surface area contributed by atoms with Gasteiger partial charge in [-0.2, -0.15) is 0 Å². The van der Waals surface area contributed by atoms with Gasteiger partial charge in [-0.15, -0.1) is 0 Å². The number of aliphatic hydroxyl groups excluding tert-OH is 1. The number of hydrogen-bond acceptors (Lipinski definition) is 5. The molecule has 0 heterocycles. The molecule has 3 N–H and O–H groups in total. The Morgan fingerprint density at radius 2 is 1.79 bits per heavy atom. The van der Waals surface area contributed by atoms with Gasteiger partial charge in [-0.3, -0.25) is 9.63 Å². The lowest BCUT2D eigenvalue weighted by atomic mass is 9.83. The van der Waals surface area contributed by atoms with E-state index in [1.54, 1.807) is 20.8 Å². The highest BCUT2D eigenvalue weighted by Crippen LogP contribution is 2.28. The summed E-state index contributed by atoms with van der Waals surface area (Å²) in [6.07, 6.45) is 3.98. The molecule has 0 saturated heterocycles. The van der Waals surface area contributed by atoms with Gasteiger partial charge in [0.25, 0.3) is 5.91 Å². The molecule has 162 valence electrons. The number of hydrogen-bond donors (Lipinski definition) is 3. The van der Waals surface area contributed by atoms with Crippen LogP contribution in [0.4, 0.5) is 4.79 Å². The third-order valence-electron chi connectivity index (χ3n) is 4.92. The summed E-state index contributed by atoms with van der Waals surface area (Å²) in [5, 5.41) is 13.3. The molecule has 2 atom stereocenters. The maximum atomic E-state index is 12.4. The fourth-order valence-corrected chi connectivity index (χ4v) is 3.52. The second-order valence-corrected chi connectivity index (χ2v) is 8.68. The summed E-state index contributed by atoms with van der Waals surface area (Å²) < 4.78 is 5.30. The van der Waals surface area contributed by atoms with Crippen molar-refractivity contribution in [3.63, 3.8) is 0 Å². The molecule has 1 aromatic rings. The standard InChI is InChI=1S/C22H34N2O5/c1-22(2,3)29-21(27)23-18(14-16-10-6-4-7-11-16)19(25)20(26)24-28-15-17-12-8-5-9-13-17/h5,8-9,12-13,16,18-19,25H,4,6-7,10-11,14-15H2,1-3H3,(H,23,27)(H,24,26)/t18-,19?/m1/s1. The lowest BCUT2D eigenvalue weighted by molar-refractivity contribution is -0.145. The SMILES string of the molecule is CC(C)(C)OC(=O)N[C@H](CC1CCCCC1)C(O)C(=O)NOCc1ccccc1. The predicted octanol–water partition coefficient (Wildman–Crippen LogP) is 3.46. The van der Waals surface area contributed by atoms with Crippen molar-refractivity contribution in [2.45, 2.75) is 83.6 Å². The summed E-state index contributed by atoms with van der Waals surface area (Å²) in [6, 6.07) is 8.65. The molecule has 1 unspecified atom stereocenters. The second kappa shape index (κ2) is 11.2. The Balaban J connectivity index is 1.92. The van der Waals surface area contributed by atoms with Crippen LogP contribution in [-0.4, -0.2) is 34.9 Å². The van der Waals surface area contributed by atoms with Gasteiger partial charge in [-0.1, -0.05) is 62.4 Å². The molecule has 2 amide bonds. The molecule has 0 spiro atoms. The first-order chi connectivity index (χ1) is 13.7. The van der Waals surface area contributed by atoms with E-state index in [2.05, 4.69) is 10.8 Å². The zero-order valence-corrected chi connectivity index (χ0v) is 17.6. The van der Waals surface area contributed by atoms with Crippen molar-refractivity contribution in [1.82, 2.24) is 10.8 Å². The first-order valence-corrected chi connectivity index (χ1v) is 10.4. The van der Waals surface area contributed by atoms with Gasteiger partial charge in [-0.05, 0) is 38.7 Å². The number of nitrogens with one attached hydrogen (secondary N) is 2. The second-order valence-electron chi connectivity index (χ2n) is 8.68. The van der Waals surface area contributed by atoms with Crippen LogP contribution in [0.15, 0.2) is 30.3 Å². The number of rotatable bonds is 8. The maximum absolute atomic E-state index is 12.4. The topological polar surface area (TPSA) is 96.9 Å². The van der Waals surface area contributed by atoms with E-state index in [9.17, 15) is 14.7 Å². The van der Waals surface area contributed by atoms with Gasteiger partial charge in [0.05, 0.1) is 12.6 Å². The summed E-state index contributed by atoms with van der Waals surface area (Å²) >= 11 is 0. The number of amides is 2. The van der Waals surface area contributed by atoms with Crippen molar-refractivity contribution in [3.05, 3.63) is 35.9 Å². The minimum absolute atomic E-state index is 0.187. The van der Waals surface area contributed by atoms with Gasteiger partial charge in [0, 0.05) is 0 Å². The minimum Gasteiger partial charge on any atom is -0.444 e. The van der Waals surface area contributed by atoms with Crippen LogP contribution in [-0.2, 0) is 21.0 Å². The lowest BCUT2D eigenvalue weighted by Gasteiger charge is -2.30. The number of alkyl carbamates (subject to hydrolysis) is 1. The van der Waals surface area contributed by atoms with Crippen LogP contribution in [0.5, 0.6) is 0 Å². The Morgan fingerprint density at radius 1 is 1.14 bits per heavy atom. The van der Waals surface area contributed by atoms with E-state index in [4.69, 9.17) is 9.57 Å². The molecular formula is C22H34N2O5. The summed E-state index contributed by atoms with van der Waals surface area (Å²) in [4.78, 5) is 29.9. The van der Waals surface area contributed by atoms with Crippen molar-refractivity contribution < 1.29 is 24.3 Å². The lowest BCUT2D eigenvalue weighted by Crippen LogP contribution is -2.52. The van der Waals surface area contributed by atoms with Gasteiger partial charge >= 0.3 is 6.09 Å². The average molecular weight is 407 g/mol. The van der Waals surface area contributed by atoms with Crippen molar-refractivity contribution in [3.8, 4) is 0 Å². The molecule has 7 nitrogen and oxygen atoms in total. The first-order valence-electron chi connectivity index (χ1n) is 10.4. The maximum Gasteiger partial charge on any atom is 0.407 e. The number of aliphatic hydroxyl groups is 1. The highest BCUT2D eigenvalue weighted by atomic mass is 16.7. The summed E-state index contributed by atoms with van der Waals surface area (Å²) in [5.41, 5.74) is 2.52. The summed E-state index contributed by atoms with van der Waals surface area (Å²) in [5.74, 6) is -0.325. The highest BCUT2D eigenvalue weighted by Gasteiger charge is 2.32. The van der Waals surface area contributed by atoms with Gasteiger partial charge in [0.1, 0.15) is 5.60 Å². The normalized spacial score (nSPS) is 17.2. The third kappa shape index (κ3) is 8.83. The molecule has 1 aromatic carbocycles. The molecule has 0 aliphatic heterocycles. The molecular weight excluding hydrogens is 372 g/mol. The van der Waals surface area contributed by atoms with Crippen LogP contribution >= 0.6 is 0 Å². The van der Waals surface area contributed by atoms with Crippen LogP contribution < -0.4 is 10.8 Å². The quantitative estimate of drug-likeness (QED) is 0.575. The molecule has 2 rings (SSSR count). The molecule has 29 heavy (non-hydrogen) atoms. The van der Waals surface area contributed by atoms with Crippen LogP contribution in [0.2, 0.25) is 0 Å². The molecule has 0 aromatic heterocycles. The van der Waals surface area contributed by atoms with Gasteiger partial charge in [0.2, 0.25) is 0 Å². The van der Waals surface area contributed by atoms with Crippen molar-refractivity contribution in [2.75, 3.05) is 0 Å². The number of hydroxylamine groups is 1. The third-order valence-corrected chi connectivity index (χ3v) is 4.92. The highest BCUT2D eigenvalue weighted by molar-refractivity contribution is 5.81. The predicted molar refractivity (Wildman–Crippen MR) is 110 cm³/mol. The Kier molecular flexibility index (Phi) is 8.92. The average Bonchev–Trinajstić information content (AvgIpc) is 2.67. The van der Waals surface area contributed by atoms with Crippen LogP contribution in [0.25, 0.3) is 0 Å². The van der Waals surface area contributed by atoms with Crippen LogP contribution in [0, 0.1) is 5.92 Å². The number of ether oxygens (including phenoxy) is 1. The smallest absolute Gasteiger partial charge is 0.407 e. The van der Waals surface area contributed by atoms with Gasteiger partial charge < -0.3 is 15.2 Å². The summed E-state index contributed by atoms with van der Waals surface area (Å²) in [6.45, 7) is 5.49. The zero-order valence-electron chi connectivity index (χ0n) is 17.6. The molecule has 1 fully saturated rings. The van der Waals surface area contributed by atoms with E-state index in [1.807, 2.05) is 30.3 Å². The molecule has 1 saturated carbocycles. The number of carbonyl (C=O) groups excluding carboxylic acids is 2. The molecule has 1 aliphatic rings. The van der Waals surface area contributed by atoms with Crippen molar-refractivity contribution in [2.24, 2.45) is 5.92 Å². The van der Waals surface area contributed by atoms with E-state index in [1.165, 1.54) is 6.42 Å².